The minimum Gasteiger partial charge on any atom is -0.354 e. The molecule has 3 heterocycles. The van der Waals surface area contributed by atoms with Gasteiger partial charge in [0.15, 0.2) is 5.82 Å². The Morgan fingerprint density at radius 2 is 1.68 bits per heavy atom. The van der Waals surface area contributed by atoms with E-state index in [1.165, 1.54) is 6.07 Å². The van der Waals surface area contributed by atoms with Crippen LogP contribution in [0.25, 0.3) is 11.4 Å². The number of anilines is 5. The summed E-state index contributed by atoms with van der Waals surface area (Å²) in [6, 6.07) is 15.0. The van der Waals surface area contributed by atoms with Gasteiger partial charge in [-0.05, 0) is 42.0 Å². The monoisotopic (exact) mass is 462 g/mol. The second kappa shape index (κ2) is 8.47. The molecule has 0 atom stereocenters. The number of carbonyl (C=O) groups is 1. The molecule has 0 fully saturated rings. The third-order valence-corrected chi connectivity index (χ3v) is 5.22. The number of benzene rings is 2. The standard InChI is InChI=1S/C24H17F3N6O/c25-24(26,27)17-13-30-21(31-15-6-7-18-14(10-15)11-22(34)33-18)12-20(17)32-19-5-2-1-4-16(19)23-28-8-3-9-29-23/h1-10,12-13H,11H2,(H,33,34)(H2,30,31,32). The molecule has 1 amide bonds. The molecule has 0 spiro atoms. The lowest BCUT2D eigenvalue weighted by molar-refractivity contribution is -0.137. The summed E-state index contributed by atoms with van der Waals surface area (Å²) in [5.41, 5.74) is 2.01. The fourth-order valence-electron chi connectivity index (χ4n) is 3.68. The number of hydrogen-bond donors (Lipinski definition) is 3. The highest BCUT2D eigenvalue weighted by Gasteiger charge is 2.34. The zero-order valence-corrected chi connectivity index (χ0v) is 17.5. The first-order chi connectivity index (χ1) is 16.4. The molecule has 0 aliphatic carbocycles. The fourth-order valence-corrected chi connectivity index (χ4v) is 3.68. The van der Waals surface area contributed by atoms with Crippen LogP contribution in [-0.2, 0) is 17.4 Å². The molecule has 4 aromatic rings. The Morgan fingerprint density at radius 1 is 0.882 bits per heavy atom. The molecule has 0 bridgehead atoms. The molecule has 0 saturated heterocycles. The van der Waals surface area contributed by atoms with E-state index in [0.717, 1.165) is 17.4 Å². The van der Waals surface area contributed by atoms with Gasteiger partial charge in [0.05, 0.1) is 17.7 Å². The highest BCUT2D eigenvalue weighted by molar-refractivity contribution is 5.99. The number of pyridine rings is 1. The van der Waals surface area contributed by atoms with Crippen LogP contribution in [-0.4, -0.2) is 20.9 Å². The number of rotatable bonds is 5. The van der Waals surface area contributed by atoms with Crippen LogP contribution >= 0.6 is 0 Å². The first kappa shape index (κ1) is 21.4. The number of amides is 1. The third kappa shape index (κ3) is 4.38. The van der Waals surface area contributed by atoms with Gasteiger partial charge in [0.1, 0.15) is 5.82 Å². The maximum atomic E-state index is 13.8. The molecule has 34 heavy (non-hydrogen) atoms. The minimum absolute atomic E-state index is 0.104. The number of hydrogen-bond acceptors (Lipinski definition) is 6. The van der Waals surface area contributed by atoms with Gasteiger partial charge in [0, 0.05) is 47.3 Å². The van der Waals surface area contributed by atoms with Crippen LogP contribution in [0.3, 0.4) is 0 Å². The number of alkyl halides is 3. The van der Waals surface area contributed by atoms with Crippen molar-refractivity contribution >= 4 is 34.5 Å². The highest BCUT2D eigenvalue weighted by atomic mass is 19.4. The lowest BCUT2D eigenvalue weighted by Crippen LogP contribution is -2.11. The van der Waals surface area contributed by atoms with Crippen LogP contribution in [0.2, 0.25) is 0 Å². The van der Waals surface area contributed by atoms with Gasteiger partial charge in [0.25, 0.3) is 0 Å². The Bertz CT molecular complexity index is 1370. The van der Waals surface area contributed by atoms with Crippen molar-refractivity contribution in [1.82, 2.24) is 15.0 Å². The third-order valence-electron chi connectivity index (χ3n) is 5.22. The largest absolute Gasteiger partial charge is 0.419 e. The lowest BCUT2D eigenvalue weighted by Gasteiger charge is -2.18. The Kier molecular flexibility index (Phi) is 5.33. The number of carbonyl (C=O) groups excluding carboxylic acids is 1. The van der Waals surface area contributed by atoms with E-state index in [1.54, 1.807) is 60.9 Å². The summed E-state index contributed by atoms with van der Waals surface area (Å²) in [5.74, 6) is 0.487. The van der Waals surface area contributed by atoms with Gasteiger partial charge >= 0.3 is 6.18 Å². The number of aromatic nitrogens is 3. The normalized spacial score (nSPS) is 12.7. The number of nitrogens with one attached hydrogen (secondary N) is 3. The fraction of sp³-hybridized carbons (Fsp3) is 0.0833. The van der Waals surface area contributed by atoms with Crippen LogP contribution in [0, 0.1) is 0 Å². The second-order valence-corrected chi connectivity index (χ2v) is 7.58. The molecular weight excluding hydrogens is 445 g/mol. The predicted octanol–water partition coefficient (Wildman–Crippen LogP) is 5.54. The van der Waals surface area contributed by atoms with Crippen molar-refractivity contribution in [2.75, 3.05) is 16.0 Å². The summed E-state index contributed by atoms with van der Waals surface area (Å²) in [7, 11) is 0. The van der Waals surface area contributed by atoms with Crippen molar-refractivity contribution < 1.29 is 18.0 Å². The van der Waals surface area contributed by atoms with Gasteiger partial charge in [-0.2, -0.15) is 13.2 Å². The van der Waals surface area contributed by atoms with E-state index in [4.69, 9.17) is 0 Å². The number of nitrogens with zero attached hydrogens (tertiary/aromatic N) is 3. The van der Waals surface area contributed by atoms with Gasteiger partial charge in [-0.1, -0.05) is 12.1 Å². The molecule has 170 valence electrons. The Hall–Kier alpha value is -4.47. The molecule has 0 saturated carbocycles. The first-order valence-electron chi connectivity index (χ1n) is 10.3. The molecule has 5 rings (SSSR count). The van der Waals surface area contributed by atoms with Crippen molar-refractivity contribution in [2.45, 2.75) is 12.6 Å². The van der Waals surface area contributed by atoms with Crippen molar-refractivity contribution in [3.05, 3.63) is 84.3 Å². The molecule has 1 aliphatic heterocycles. The molecule has 0 unspecified atom stereocenters. The lowest BCUT2D eigenvalue weighted by atomic mass is 10.1. The van der Waals surface area contributed by atoms with E-state index in [9.17, 15) is 18.0 Å². The first-order valence-corrected chi connectivity index (χ1v) is 10.3. The van der Waals surface area contributed by atoms with Crippen LogP contribution in [0.15, 0.2) is 73.2 Å². The summed E-state index contributed by atoms with van der Waals surface area (Å²) < 4.78 is 41.3. The summed E-state index contributed by atoms with van der Waals surface area (Å²) in [6.45, 7) is 0. The van der Waals surface area contributed by atoms with Crippen molar-refractivity contribution in [3.8, 4) is 11.4 Å². The number of fused-ring (bicyclic) bond motifs is 1. The topological polar surface area (TPSA) is 91.8 Å². The van der Waals surface area contributed by atoms with Crippen molar-refractivity contribution in [3.63, 3.8) is 0 Å². The molecule has 7 nitrogen and oxygen atoms in total. The van der Waals surface area contributed by atoms with E-state index in [1.807, 2.05) is 0 Å². The van der Waals surface area contributed by atoms with Crippen LogP contribution in [0.1, 0.15) is 11.1 Å². The Labute approximate surface area is 192 Å². The number of para-hydroxylation sites is 1. The zero-order chi connectivity index (χ0) is 23.7. The summed E-state index contributed by atoms with van der Waals surface area (Å²) in [6.07, 6.45) is -0.463. The Morgan fingerprint density at radius 3 is 2.47 bits per heavy atom. The van der Waals surface area contributed by atoms with Crippen molar-refractivity contribution in [2.24, 2.45) is 0 Å². The SMILES string of the molecule is O=C1Cc2cc(Nc3cc(Nc4ccccc4-c4ncccn4)c(C(F)(F)F)cn3)ccc2N1. The molecule has 2 aromatic carbocycles. The number of halogens is 3. The van der Waals surface area contributed by atoms with Crippen molar-refractivity contribution in [1.29, 1.82) is 0 Å². The van der Waals surface area contributed by atoms with E-state index in [2.05, 4.69) is 30.9 Å². The molecule has 1 aliphatic rings. The van der Waals surface area contributed by atoms with E-state index < -0.39 is 11.7 Å². The highest BCUT2D eigenvalue weighted by Crippen LogP contribution is 2.38. The van der Waals surface area contributed by atoms with Crippen LogP contribution in [0.4, 0.5) is 41.7 Å². The quantitative estimate of drug-likeness (QED) is 0.361. The van der Waals surface area contributed by atoms with Crippen LogP contribution < -0.4 is 16.0 Å². The smallest absolute Gasteiger partial charge is 0.354 e. The molecular formula is C24H17F3N6O. The van der Waals surface area contributed by atoms with E-state index >= 15 is 0 Å². The zero-order valence-electron chi connectivity index (χ0n) is 17.5. The maximum Gasteiger partial charge on any atom is 0.419 e. The summed E-state index contributed by atoms with van der Waals surface area (Å²) in [4.78, 5) is 23.9. The maximum absolute atomic E-state index is 13.8. The molecule has 0 radical (unpaired) electrons. The van der Waals surface area contributed by atoms with E-state index in [0.29, 0.717) is 22.8 Å². The molecule has 10 heteroatoms. The average Bonchev–Trinajstić information content (AvgIpc) is 3.19. The summed E-state index contributed by atoms with van der Waals surface area (Å²) in [5, 5.41) is 8.64. The van der Waals surface area contributed by atoms with Gasteiger partial charge < -0.3 is 16.0 Å². The predicted molar refractivity (Wildman–Crippen MR) is 122 cm³/mol. The second-order valence-electron chi connectivity index (χ2n) is 7.58. The van der Waals surface area contributed by atoms with E-state index in [-0.39, 0.29) is 23.8 Å². The van der Waals surface area contributed by atoms with Gasteiger partial charge in [-0.15, -0.1) is 0 Å². The van der Waals surface area contributed by atoms with Crippen LogP contribution in [0.5, 0.6) is 0 Å². The van der Waals surface area contributed by atoms with Gasteiger partial charge in [0.2, 0.25) is 5.91 Å². The Balaban J connectivity index is 1.50. The molecule has 2 aromatic heterocycles. The molecule has 3 N–H and O–H groups in total. The minimum atomic E-state index is -4.62. The summed E-state index contributed by atoms with van der Waals surface area (Å²) >= 11 is 0. The van der Waals surface area contributed by atoms with Gasteiger partial charge in [-0.25, -0.2) is 15.0 Å². The van der Waals surface area contributed by atoms with Gasteiger partial charge in [-0.3, -0.25) is 4.79 Å². The average molecular weight is 462 g/mol.